The Morgan fingerprint density at radius 2 is 2.00 bits per heavy atom. The van der Waals surface area contributed by atoms with Crippen molar-refractivity contribution in [2.75, 3.05) is 12.4 Å². The molecule has 2 atom stereocenters. The Hall–Kier alpha value is -2.85. The van der Waals surface area contributed by atoms with Gasteiger partial charge in [0.1, 0.15) is 17.5 Å². The van der Waals surface area contributed by atoms with Crippen molar-refractivity contribution in [2.24, 2.45) is 5.41 Å². The van der Waals surface area contributed by atoms with E-state index >= 15 is 0 Å². The molecule has 2 N–H and O–H groups in total. The van der Waals surface area contributed by atoms with Crippen molar-refractivity contribution in [3.8, 4) is 0 Å². The van der Waals surface area contributed by atoms with E-state index in [-0.39, 0.29) is 12.2 Å². The summed E-state index contributed by atoms with van der Waals surface area (Å²) in [6, 6.07) is 0.623. The molecule has 1 aromatic heterocycles. The SMILES string of the molecule is COC(=O)C1(Cc2ccnc(NC(=O)OC(C)(C)C)c2)C[C@@H](C(F)(F)F)NC1=O. The molecule has 1 aliphatic rings. The zero-order valence-corrected chi connectivity index (χ0v) is 16.3. The summed E-state index contributed by atoms with van der Waals surface area (Å²) in [6.07, 6.45) is -5.34. The Kier molecular flexibility index (Phi) is 6.10. The second-order valence-corrected chi connectivity index (χ2v) is 7.70. The fourth-order valence-electron chi connectivity index (χ4n) is 2.99. The van der Waals surface area contributed by atoms with Gasteiger partial charge in [-0.15, -0.1) is 0 Å². The Bertz CT molecular complexity index is 807. The van der Waals surface area contributed by atoms with Crippen LogP contribution in [0.5, 0.6) is 0 Å². The molecule has 0 spiro atoms. The van der Waals surface area contributed by atoms with Crippen molar-refractivity contribution < 1.29 is 37.0 Å². The number of amides is 2. The number of nitrogens with one attached hydrogen (secondary N) is 2. The fraction of sp³-hybridized carbons (Fsp3) is 0.556. The quantitative estimate of drug-likeness (QED) is 0.576. The van der Waals surface area contributed by atoms with E-state index in [4.69, 9.17) is 4.74 Å². The third-order valence-electron chi connectivity index (χ3n) is 4.22. The number of anilines is 1. The highest BCUT2D eigenvalue weighted by molar-refractivity contribution is 6.04. The number of hydrogen-bond acceptors (Lipinski definition) is 6. The summed E-state index contributed by atoms with van der Waals surface area (Å²) in [5, 5.41) is 4.22. The lowest BCUT2D eigenvalue weighted by Crippen LogP contribution is -2.42. The Labute approximate surface area is 165 Å². The van der Waals surface area contributed by atoms with Crippen molar-refractivity contribution in [1.82, 2.24) is 10.3 Å². The first-order valence-electron chi connectivity index (χ1n) is 8.68. The molecule has 0 aromatic carbocycles. The molecule has 2 heterocycles. The maximum atomic E-state index is 13.1. The number of rotatable bonds is 4. The first-order valence-corrected chi connectivity index (χ1v) is 8.68. The van der Waals surface area contributed by atoms with E-state index in [2.05, 4.69) is 15.0 Å². The topological polar surface area (TPSA) is 107 Å². The van der Waals surface area contributed by atoms with Gasteiger partial charge in [-0.25, -0.2) is 9.78 Å². The highest BCUT2D eigenvalue weighted by atomic mass is 19.4. The van der Waals surface area contributed by atoms with Crippen molar-refractivity contribution >= 4 is 23.8 Å². The lowest BCUT2D eigenvalue weighted by atomic mass is 9.79. The normalized spacial score (nSPS) is 22.0. The average molecular weight is 417 g/mol. The summed E-state index contributed by atoms with van der Waals surface area (Å²) >= 11 is 0. The molecule has 0 radical (unpaired) electrons. The highest BCUT2D eigenvalue weighted by Crippen LogP contribution is 2.40. The van der Waals surface area contributed by atoms with Crippen LogP contribution in [0.2, 0.25) is 0 Å². The molecule has 1 aromatic rings. The molecule has 8 nitrogen and oxygen atoms in total. The predicted molar refractivity (Wildman–Crippen MR) is 94.8 cm³/mol. The van der Waals surface area contributed by atoms with Crippen molar-refractivity contribution in [3.63, 3.8) is 0 Å². The molecule has 1 aliphatic heterocycles. The number of alkyl halides is 3. The largest absolute Gasteiger partial charge is 0.468 e. The molecule has 1 fully saturated rings. The first kappa shape index (κ1) is 22.4. The van der Waals surface area contributed by atoms with Crippen LogP contribution in [0.1, 0.15) is 32.8 Å². The molecule has 1 saturated heterocycles. The minimum Gasteiger partial charge on any atom is -0.468 e. The number of carbonyl (C=O) groups is 3. The minimum atomic E-state index is -4.70. The van der Waals surface area contributed by atoms with Crippen LogP contribution in [0.3, 0.4) is 0 Å². The average Bonchev–Trinajstić information content (AvgIpc) is 2.90. The number of esters is 1. The van der Waals surface area contributed by atoms with E-state index in [1.165, 1.54) is 18.3 Å². The number of aromatic nitrogens is 1. The first-order chi connectivity index (χ1) is 13.3. The molecule has 0 saturated carbocycles. The Morgan fingerprint density at radius 1 is 1.34 bits per heavy atom. The zero-order valence-electron chi connectivity index (χ0n) is 16.3. The number of ether oxygens (including phenoxy) is 2. The van der Waals surface area contributed by atoms with Crippen LogP contribution < -0.4 is 10.6 Å². The van der Waals surface area contributed by atoms with E-state index in [9.17, 15) is 27.6 Å². The third kappa shape index (κ3) is 5.36. The Balaban J connectivity index is 2.26. The standard InChI is InChI=1S/C18H22F3N3O5/c1-16(2,3)29-15(27)24-12-7-10(5-6-22-12)8-17(14(26)28-4)9-11(18(19,20)21)23-13(17)25/h5-7,11H,8-9H2,1-4H3,(H,23,25)(H,22,24,27)/t11-,17?/m0/s1. The number of nitrogens with zero attached hydrogens (tertiary/aromatic N) is 1. The highest BCUT2D eigenvalue weighted by Gasteiger charge is 2.60. The van der Waals surface area contributed by atoms with Crippen molar-refractivity contribution in [3.05, 3.63) is 23.9 Å². The maximum absolute atomic E-state index is 13.1. The van der Waals surface area contributed by atoms with Gasteiger partial charge in [-0.2, -0.15) is 13.2 Å². The van der Waals surface area contributed by atoms with Crippen LogP contribution in [0, 0.1) is 5.41 Å². The van der Waals surface area contributed by atoms with Crippen molar-refractivity contribution in [2.45, 2.75) is 51.4 Å². The van der Waals surface area contributed by atoms with Gasteiger partial charge in [0.05, 0.1) is 7.11 Å². The van der Waals surface area contributed by atoms with Gasteiger partial charge < -0.3 is 14.8 Å². The van der Waals surface area contributed by atoms with E-state index in [1.54, 1.807) is 20.8 Å². The summed E-state index contributed by atoms with van der Waals surface area (Å²) in [7, 11) is 1.00. The van der Waals surface area contributed by atoms with Crippen LogP contribution in [0.4, 0.5) is 23.8 Å². The van der Waals surface area contributed by atoms with Crippen LogP contribution >= 0.6 is 0 Å². The van der Waals surface area contributed by atoms with Gasteiger partial charge >= 0.3 is 18.2 Å². The van der Waals surface area contributed by atoms with E-state index < -0.39 is 47.6 Å². The molecule has 11 heteroatoms. The summed E-state index contributed by atoms with van der Waals surface area (Å²) in [5.74, 6) is -2.08. The van der Waals surface area contributed by atoms with Gasteiger partial charge in [-0.1, -0.05) is 0 Å². The maximum Gasteiger partial charge on any atom is 0.413 e. The van der Waals surface area contributed by atoms with Gasteiger partial charge in [0.15, 0.2) is 5.41 Å². The second-order valence-electron chi connectivity index (χ2n) is 7.70. The lowest BCUT2D eigenvalue weighted by molar-refractivity contribution is -0.159. The molecule has 1 unspecified atom stereocenters. The van der Waals surface area contributed by atoms with Gasteiger partial charge in [0.2, 0.25) is 5.91 Å². The monoisotopic (exact) mass is 417 g/mol. The fourth-order valence-corrected chi connectivity index (χ4v) is 2.99. The number of hydrogen-bond donors (Lipinski definition) is 2. The molecule has 2 rings (SSSR count). The summed E-state index contributed by atoms with van der Waals surface area (Å²) in [4.78, 5) is 40.5. The third-order valence-corrected chi connectivity index (χ3v) is 4.22. The van der Waals surface area contributed by atoms with Gasteiger partial charge in [-0.05, 0) is 44.9 Å². The van der Waals surface area contributed by atoms with Gasteiger partial charge in [-0.3, -0.25) is 14.9 Å². The molecule has 0 bridgehead atoms. The van der Waals surface area contributed by atoms with E-state index in [0.717, 1.165) is 7.11 Å². The van der Waals surface area contributed by atoms with Crippen LogP contribution in [-0.2, 0) is 25.5 Å². The Morgan fingerprint density at radius 3 is 2.52 bits per heavy atom. The zero-order chi connectivity index (χ0) is 22.0. The predicted octanol–water partition coefficient (Wildman–Crippen LogP) is 2.58. The second kappa shape index (κ2) is 7.88. The summed E-state index contributed by atoms with van der Waals surface area (Å²) in [5.41, 5.74) is -2.47. The number of halogens is 3. The summed E-state index contributed by atoms with van der Waals surface area (Å²) < 4.78 is 49.0. The van der Waals surface area contributed by atoms with Gasteiger partial charge in [0, 0.05) is 12.6 Å². The van der Waals surface area contributed by atoms with Crippen LogP contribution in [0.25, 0.3) is 0 Å². The van der Waals surface area contributed by atoms with Crippen LogP contribution in [0.15, 0.2) is 18.3 Å². The minimum absolute atomic E-state index is 0.0579. The molecule has 29 heavy (non-hydrogen) atoms. The number of pyridine rings is 1. The molecular formula is C18H22F3N3O5. The molecule has 160 valence electrons. The van der Waals surface area contributed by atoms with Crippen molar-refractivity contribution in [1.29, 1.82) is 0 Å². The summed E-state index contributed by atoms with van der Waals surface area (Å²) in [6.45, 7) is 5.02. The number of methoxy groups -OCH3 is 1. The van der Waals surface area contributed by atoms with Crippen LogP contribution in [-0.4, -0.2) is 47.9 Å². The molecule has 2 amide bonds. The smallest absolute Gasteiger partial charge is 0.413 e. The number of carbonyl (C=O) groups excluding carboxylic acids is 3. The lowest BCUT2D eigenvalue weighted by Gasteiger charge is -2.24. The molecule has 0 aliphatic carbocycles. The van der Waals surface area contributed by atoms with E-state index in [0.29, 0.717) is 5.56 Å². The van der Waals surface area contributed by atoms with Gasteiger partial charge in [0.25, 0.3) is 0 Å². The van der Waals surface area contributed by atoms with E-state index in [1.807, 2.05) is 5.32 Å². The molecular weight excluding hydrogens is 395 g/mol.